The summed E-state index contributed by atoms with van der Waals surface area (Å²) in [5.74, 6) is -1.52. The second-order valence-corrected chi connectivity index (χ2v) is 6.31. The zero-order valence-corrected chi connectivity index (χ0v) is 12.9. The lowest BCUT2D eigenvalue weighted by molar-refractivity contribution is -0.142. The quantitative estimate of drug-likeness (QED) is 0.780. The van der Waals surface area contributed by atoms with E-state index >= 15 is 0 Å². The Hall–Kier alpha value is -1.77. The first-order valence-electron chi connectivity index (χ1n) is 6.69. The van der Waals surface area contributed by atoms with Gasteiger partial charge in [-0.2, -0.15) is 5.26 Å². The molecule has 0 fully saturated rings. The maximum atomic E-state index is 11.9. The number of nitrogens with one attached hydrogen (secondary N) is 1. The van der Waals surface area contributed by atoms with Crippen molar-refractivity contribution in [1.29, 1.82) is 5.26 Å². The molecule has 0 radical (unpaired) electrons. The van der Waals surface area contributed by atoms with Gasteiger partial charge in [0, 0.05) is 19.6 Å². The summed E-state index contributed by atoms with van der Waals surface area (Å²) in [5, 5.41) is 20.4. The lowest BCUT2D eigenvalue weighted by atomic mass is 9.84. The molecule has 6 nitrogen and oxygen atoms in total. The number of carboxylic acid groups (broad SMARTS) is 1. The van der Waals surface area contributed by atoms with Gasteiger partial charge in [-0.05, 0) is 18.8 Å². The number of nitriles is 1. The van der Waals surface area contributed by atoms with E-state index in [-0.39, 0.29) is 30.5 Å². The summed E-state index contributed by atoms with van der Waals surface area (Å²) < 4.78 is 0. The number of urea groups is 1. The number of aliphatic carboxylic acids is 1. The molecule has 0 aromatic heterocycles. The van der Waals surface area contributed by atoms with Crippen LogP contribution in [0.1, 0.15) is 40.5 Å². The van der Waals surface area contributed by atoms with Crippen LogP contribution in [0.5, 0.6) is 0 Å². The van der Waals surface area contributed by atoms with Crippen LogP contribution in [0.4, 0.5) is 4.79 Å². The van der Waals surface area contributed by atoms with Crippen molar-refractivity contribution in [3.8, 4) is 6.07 Å². The molecule has 2 atom stereocenters. The SMILES string of the molecule is CC(CC#N)N(C)C(=O)NCC(CC(C)(C)C)C(=O)O. The van der Waals surface area contributed by atoms with E-state index in [9.17, 15) is 14.7 Å². The van der Waals surface area contributed by atoms with Crippen molar-refractivity contribution < 1.29 is 14.7 Å². The van der Waals surface area contributed by atoms with Gasteiger partial charge in [0.2, 0.25) is 0 Å². The van der Waals surface area contributed by atoms with Crippen LogP contribution in [0.3, 0.4) is 0 Å². The number of rotatable bonds is 6. The third kappa shape index (κ3) is 6.98. The predicted octanol–water partition coefficient (Wildman–Crippen LogP) is 2.07. The Morgan fingerprint density at radius 3 is 2.35 bits per heavy atom. The number of carboxylic acids is 1. The molecule has 0 spiro atoms. The molecule has 0 aliphatic carbocycles. The highest BCUT2D eigenvalue weighted by molar-refractivity contribution is 5.76. The second-order valence-electron chi connectivity index (χ2n) is 6.31. The largest absolute Gasteiger partial charge is 0.481 e. The predicted molar refractivity (Wildman–Crippen MR) is 76.1 cm³/mol. The molecular weight excluding hydrogens is 258 g/mol. The molecule has 0 heterocycles. The van der Waals surface area contributed by atoms with Crippen LogP contribution < -0.4 is 5.32 Å². The molecule has 0 aromatic carbocycles. The molecule has 2 amide bonds. The number of hydrogen-bond donors (Lipinski definition) is 2. The van der Waals surface area contributed by atoms with Gasteiger partial charge in [-0.15, -0.1) is 0 Å². The summed E-state index contributed by atoms with van der Waals surface area (Å²) in [6, 6.07) is 1.44. The first-order chi connectivity index (χ1) is 9.08. The molecule has 0 rings (SSSR count). The number of carbonyl (C=O) groups is 2. The molecule has 20 heavy (non-hydrogen) atoms. The molecule has 0 saturated heterocycles. The normalized spacial score (nSPS) is 14.0. The molecule has 0 aliphatic rings. The molecule has 2 N–H and O–H groups in total. The first kappa shape index (κ1) is 18.2. The summed E-state index contributed by atoms with van der Waals surface area (Å²) >= 11 is 0. The van der Waals surface area contributed by atoms with Crippen molar-refractivity contribution in [3.63, 3.8) is 0 Å². The molecule has 2 unspecified atom stereocenters. The van der Waals surface area contributed by atoms with Gasteiger partial charge in [0.25, 0.3) is 0 Å². The van der Waals surface area contributed by atoms with E-state index < -0.39 is 11.9 Å². The topological polar surface area (TPSA) is 93.4 Å². The fourth-order valence-corrected chi connectivity index (χ4v) is 1.79. The lowest BCUT2D eigenvalue weighted by Crippen LogP contribution is -2.45. The fourth-order valence-electron chi connectivity index (χ4n) is 1.79. The highest BCUT2D eigenvalue weighted by atomic mass is 16.4. The van der Waals surface area contributed by atoms with Crippen molar-refractivity contribution in [2.24, 2.45) is 11.3 Å². The molecule has 6 heteroatoms. The average molecular weight is 283 g/mol. The minimum atomic E-state index is -0.909. The van der Waals surface area contributed by atoms with Crippen LogP contribution in [0, 0.1) is 22.7 Å². The van der Waals surface area contributed by atoms with Gasteiger partial charge in [0.1, 0.15) is 0 Å². The number of hydrogen-bond acceptors (Lipinski definition) is 3. The molecule has 0 saturated carbocycles. The zero-order valence-electron chi connectivity index (χ0n) is 12.9. The molecular formula is C14H25N3O3. The molecule has 0 aromatic rings. The Balaban J connectivity index is 4.46. The van der Waals surface area contributed by atoms with Gasteiger partial charge in [-0.25, -0.2) is 4.79 Å². The third-order valence-corrected chi connectivity index (χ3v) is 3.08. The van der Waals surface area contributed by atoms with Gasteiger partial charge >= 0.3 is 12.0 Å². The Kier molecular flexibility index (Phi) is 7.05. The Morgan fingerprint density at radius 2 is 1.95 bits per heavy atom. The van der Waals surface area contributed by atoms with Gasteiger partial charge in [-0.3, -0.25) is 4.79 Å². The average Bonchev–Trinajstić information content (AvgIpc) is 2.31. The summed E-state index contributed by atoms with van der Waals surface area (Å²) in [6.45, 7) is 7.76. The number of carbonyl (C=O) groups excluding carboxylic acids is 1. The zero-order chi connectivity index (χ0) is 15.9. The Bertz CT molecular complexity index is 382. The van der Waals surface area contributed by atoms with E-state index in [0.29, 0.717) is 6.42 Å². The molecule has 0 aliphatic heterocycles. The van der Waals surface area contributed by atoms with E-state index in [1.807, 2.05) is 26.8 Å². The van der Waals surface area contributed by atoms with Crippen molar-refractivity contribution in [2.45, 2.75) is 46.6 Å². The first-order valence-corrected chi connectivity index (χ1v) is 6.69. The maximum absolute atomic E-state index is 11.9. The van der Waals surface area contributed by atoms with E-state index in [0.717, 1.165) is 0 Å². The van der Waals surface area contributed by atoms with Crippen LogP contribution in [0.15, 0.2) is 0 Å². The summed E-state index contributed by atoms with van der Waals surface area (Å²) in [5.41, 5.74) is -0.117. The lowest BCUT2D eigenvalue weighted by Gasteiger charge is -2.26. The smallest absolute Gasteiger partial charge is 0.317 e. The summed E-state index contributed by atoms with van der Waals surface area (Å²) in [7, 11) is 1.59. The van der Waals surface area contributed by atoms with Gasteiger partial charge in [-0.1, -0.05) is 20.8 Å². The molecule has 0 bridgehead atoms. The van der Waals surface area contributed by atoms with Gasteiger partial charge in [0.05, 0.1) is 18.4 Å². The third-order valence-electron chi connectivity index (χ3n) is 3.08. The van der Waals surface area contributed by atoms with Crippen LogP contribution >= 0.6 is 0 Å². The molecule has 114 valence electrons. The van der Waals surface area contributed by atoms with E-state index in [2.05, 4.69) is 5.32 Å². The van der Waals surface area contributed by atoms with E-state index in [1.54, 1.807) is 14.0 Å². The highest BCUT2D eigenvalue weighted by Gasteiger charge is 2.25. The fraction of sp³-hybridized carbons (Fsp3) is 0.786. The van der Waals surface area contributed by atoms with Crippen LogP contribution in [-0.2, 0) is 4.79 Å². The number of amides is 2. The van der Waals surface area contributed by atoms with Crippen molar-refractivity contribution >= 4 is 12.0 Å². The van der Waals surface area contributed by atoms with Crippen LogP contribution in [-0.4, -0.2) is 41.6 Å². The minimum Gasteiger partial charge on any atom is -0.481 e. The van der Waals surface area contributed by atoms with Gasteiger partial charge < -0.3 is 15.3 Å². The maximum Gasteiger partial charge on any atom is 0.317 e. The Morgan fingerprint density at radius 1 is 1.40 bits per heavy atom. The van der Waals surface area contributed by atoms with Crippen LogP contribution in [0.25, 0.3) is 0 Å². The minimum absolute atomic E-state index is 0.0923. The summed E-state index contributed by atoms with van der Waals surface area (Å²) in [4.78, 5) is 24.5. The van der Waals surface area contributed by atoms with Crippen molar-refractivity contribution in [3.05, 3.63) is 0 Å². The van der Waals surface area contributed by atoms with Crippen molar-refractivity contribution in [2.75, 3.05) is 13.6 Å². The Labute approximate surface area is 120 Å². The van der Waals surface area contributed by atoms with E-state index in [4.69, 9.17) is 5.26 Å². The highest BCUT2D eigenvalue weighted by Crippen LogP contribution is 2.24. The van der Waals surface area contributed by atoms with Crippen molar-refractivity contribution in [1.82, 2.24) is 10.2 Å². The summed E-state index contributed by atoms with van der Waals surface area (Å²) in [6.07, 6.45) is 0.731. The second kappa shape index (κ2) is 7.73. The van der Waals surface area contributed by atoms with E-state index in [1.165, 1.54) is 4.90 Å². The number of nitrogens with zero attached hydrogens (tertiary/aromatic N) is 2. The van der Waals surface area contributed by atoms with Gasteiger partial charge in [0.15, 0.2) is 0 Å². The van der Waals surface area contributed by atoms with Crippen LogP contribution in [0.2, 0.25) is 0 Å². The standard InChI is InChI=1S/C14H25N3O3/c1-10(6-7-15)17(5)13(20)16-9-11(12(18)19)8-14(2,3)4/h10-11H,6,8-9H2,1-5H3,(H,16,20)(H,18,19). The monoisotopic (exact) mass is 283 g/mol.